The van der Waals surface area contributed by atoms with Gasteiger partial charge in [0, 0.05) is 0 Å². The summed E-state index contributed by atoms with van der Waals surface area (Å²) in [4.78, 5) is 29.2. The molecule has 1 heterocycles. The van der Waals surface area contributed by atoms with Crippen LogP contribution in [0.4, 0.5) is 5.69 Å². The number of H-pyrrole nitrogens is 2. The Kier molecular flexibility index (Phi) is 6.55. The third-order valence-electron chi connectivity index (χ3n) is 4.93. The maximum absolute atomic E-state index is 12.9. The number of aromatic amines is 2. The fraction of sp³-hybridized carbons (Fsp3) is 0.130. The van der Waals surface area contributed by atoms with Gasteiger partial charge in [-0.1, -0.05) is 24.3 Å². The van der Waals surface area contributed by atoms with Crippen LogP contribution >= 0.6 is 0 Å². The molecule has 0 aliphatic rings. The number of amides is 1. The van der Waals surface area contributed by atoms with E-state index in [2.05, 4.69) is 20.0 Å². The molecule has 1 amide bonds. The van der Waals surface area contributed by atoms with E-state index >= 15 is 0 Å². The summed E-state index contributed by atoms with van der Waals surface area (Å²) >= 11 is 0. The normalized spacial score (nSPS) is 11.2. The van der Waals surface area contributed by atoms with Gasteiger partial charge in [0.25, 0.3) is 15.9 Å². The first-order valence-electron chi connectivity index (χ1n) is 10.3. The Bertz CT molecular complexity index is 1490. The highest BCUT2D eigenvalue weighted by Gasteiger charge is 2.19. The average molecular weight is 483 g/mol. The lowest BCUT2D eigenvalue weighted by molar-refractivity contribution is 0.0947. The van der Waals surface area contributed by atoms with Crippen molar-refractivity contribution in [2.24, 2.45) is 0 Å². The summed E-state index contributed by atoms with van der Waals surface area (Å²) in [5.74, 6) is 0.663. The van der Waals surface area contributed by atoms with Crippen molar-refractivity contribution in [2.45, 2.75) is 4.90 Å². The first-order chi connectivity index (χ1) is 16.4. The van der Waals surface area contributed by atoms with Crippen LogP contribution in [0, 0.1) is 0 Å². The molecule has 0 fully saturated rings. The Morgan fingerprint density at radius 1 is 0.941 bits per heavy atom. The van der Waals surface area contributed by atoms with E-state index in [-0.39, 0.29) is 29.3 Å². The summed E-state index contributed by atoms with van der Waals surface area (Å²) in [7, 11) is -2.49. The number of para-hydroxylation sites is 3. The lowest BCUT2D eigenvalue weighted by atomic mass is 10.1. The standard InChI is InChI=1S/C23H22N4O6S/c1-32-20-8-4-5-9-21(20)33-13-12-24-22(28)16-6-2-3-7-17(16)27-34(30,31)15-10-11-18-19(14-15)26-23(29)25-18/h2-11,14,27H,12-13H2,1H3,(H,24,28)(H2,25,26,29). The Labute approximate surface area is 195 Å². The topological polar surface area (TPSA) is 142 Å². The van der Waals surface area contributed by atoms with E-state index in [1.54, 1.807) is 24.3 Å². The number of ether oxygens (including phenoxy) is 2. The van der Waals surface area contributed by atoms with Gasteiger partial charge in [-0.05, 0) is 42.5 Å². The minimum atomic E-state index is -4.02. The van der Waals surface area contributed by atoms with Crippen LogP contribution in [0.1, 0.15) is 10.4 Å². The molecule has 0 unspecified atom stereocenters. The summed E-state index contributed by atoms with van der Waals surface area (Å²) in [6.45, 7) is 0.379. The van der Waals surface area contributed by atoms with E-state index in [0.717, 1.165) is 0 Å². The van der Waals surface area contributed by atoms with E-state index in [1.807, 2.05) is 12.1 Å². The maximum atomic E-state index is 12.9. The molecule has 0 saturated heterocycles. The van der Waals surface area contributed by atoms with Crippen molar-refractivity contribution < 1.29 is 22.7 Å². The van der Waals surface area contributed by atoms with Gasteiger partial charge >= 0.3 is 5.69 Å². The molecule has 0 radical (unpaired) electrons. The highest BCUT2D eigenvalue weighted by atomic mass is 32.2. The van der Waals surface area contributed by atoms with Gasteiger partial charge in [-0.15, -0.1) is 0 Å². The van der Waals surface area contributed by atoms with Gasteiger partial charge in [0.05, 0.1) is 40.8 Å². The van der Waals surface area contributed by atoms with Crippen LogP contribution in [0.5, 0.6) is 11.5 Å². The Hall–Kier alpha value is -4.25. The summed E-state index contributed by atoms with van der Waals surface area (Å²) < 4.78 is 39.2. The summed E-state index contributed by atoms with van der Waals surface area (Å²) in [6.07, 6.45) is 0. The molecule has 0 aliphatic heterocycles. The highest BCUT2D eigenvalue weighted by molar-refractivity contribution is 7.92. The molecule has 0 aliphatic carbocycles. The second kappa shape index (κ2) is 9.71. The van der Waals surface area contributed by atoms with Gasteiger partial charge in [-0.2, -0.15) is 0 Å². The summed E-state index contributed by atoms with van der Waals surface area (Å²) in [6, 6.07) is 17.6. The highest BCUT2D eigenvalue weighted by Crippen LogP contribution is 2.25. The maximum Gasteiger partial charge on any atom is 0.323 e. The van der Waals surface area contributed by atoms with Crippen LogP contribution in [0.15, 0.2) is 76.4 Å². The van der Waals surface area contributed by atoms with E-state index in [9.17, 15) is 18.0 Å². The molecule has 4 rings (SSSR count). The molecule has 4 aromatic rings. The zero-order chi connectivity index (χ0) is 24.1. The van der Waals surface area contributed by atoms with Crippen molar-refractivity contribution in [3.8, 4) is 11.5 Å². The molecular weight excluding hydrogens is 460 g/mol. The number of hydrogen-bond donors (Lipinski definition) is 4. The molecule has 3 aromatic carbocycles. The Balaban J connectivity index is 1.44. The van der Waals surface area contributed by atoms with Crippen molar-refractivity contribution in [1.29, 1.82) is 0 Å². The number of sulfonamides is 1. The molecule has 0 bridgehead atoms. The zero-order valence-corrected chi connectivity index (χ0v) is 18.9. The van der Waals surface area contributed by atoms with E-state index in [4.69, 9.17) is 9.47 Å². The number of anilines is 1. The number of carbonyl (C=O) groups excluding carboxylic acids is 1. The van der Waals surface area contributed by atoms with Gasteiger partial charge in [0.15, 0.2) is 11.5 Å². The van der Waals surface area contributed by atoms with Crippen LogP contribution in [0.25, 0.3) is 11.0 Å². The first-order valence-corrected chi connectivity index (χ1v) is 11.7. The first kappa shape index (κ1) is 22.9. The predicted octanol–water partition coefficient (Wildman–Crippen LogP) is 2.47. The second-order valence-corrected chi connectivity index (χ2v) is 8.88. The summed E-state index contributed by atoms with van der Waals surface area (Å²) in [5.41, 5.74) is 0.676. The predicted molar refractivity (Wildman–Crippen MR) is 127 cm³/mol. The fourth-order valence-electron chi connectivity index (χ4n) is 3.31. The SMILES string of the molecule is COc1ccccc1OCCNC(=O)c1ccccc1NS(=O)(=O)c1ccc2[nH]c(=O)[nH]c2c1. The van der Waals surface area contributed by atoms with E-state index in [0.29, 0.717) is 22.5 Å². The lowest BCUT2D eigenvalue weighted by Gasteiger charge is -2.14. The summed E-state index contributed by atoms with van der Waals surface area (Å²) in [5, 5.41) is 2.72. The molecular formula is C23H22N4O6S. The van der Waals surface area contributed by atoms with Gasteiger partial charge < -0.3 is 24.8 Å². The Morgan fingerprint density at radius 2 is 1.65 bits per heavy atom. The van der Waals surface area contributed by atoms with E-state index in [1.165, 1.54) is 37.4 Å². The zero-order valence-electron chi connectivity index (χ0n) is 18.1. The van der Waals surface area contributed by atoms with Crippen molar-refractivity contribution in [2.75, 3.05) is 25.0 Å². The minimum Gasteiger partial charge on any atom is -0.493 e. The van der Waals surface area contributed by atoms with Crippen LogP contribution in [0.2, 0.25) is 0 Å². The third kappa shape index (κ3) is 5.04. The number of aromatic nitrogens is 2. The molecule has 176 valence electrons. The average Bonchev–Trinajstić information content (AvgIpc) is 3.21. The van der Waals surface area contributed by atoms with E-state index < -0.39 is 21.6 Å². The van der Waals surface area contributed by atoms with Crippen molar-refractivity contribution in [1.82, 2.24) is 15.3 Å². The second-order valence-electron chi connectivity index (χ2n) is 7.19. The van der Waals surface area contributed by atoms with Crippen LogP contribution in [0.3, 0.4) is 0 Å². The molecule has 11 heteroatoms. The molecule has 10 nitrogen and oxygen atoms in total. The third-order valence-corrected chi connectivity index (χ3v) is 6.29. The monoisotopic (exact) mass is 482 g/mol. The number of benzene rings is 3. The smallest absolute Gasteiger partial charge is 0.323 e. The molecule has 0 atom stereocenters. The molecule has 4 N–H and O–H groups in total. The molecule has 0 spiro atoms. The quantitative estimate of drug-likeness (QED) is 0.270. The fourth-order valence-corrected chi connectivity index (χ4v) is 4.42. The number of fused-ring (bicyclic) bond motifs is 1. The van der Waals surface area contributed by atoms with Crippen LogP contribution < -0.4 is 25.2 Å². The number of methoxy groups -OCH3 is 1. The van der Waals surface area contributed by atoms with Crippen molar-refractivity contribution in [3.05, 3.63) is 82.8 Å². The van der Waals surface area contributed by atoms with Gasteiger partial charge in [-0.3, -0.25) is 9.52 Å². The van der Waals surface area contributed by atoms with Crippen molar-refractivity contribution in [3.63, 3.8) is 0 Å². The number of rotatable bonds is 9. The van der Waals surface area contributed by atoms with Gasteiger partial charge in [0.1, 0.15) is 6.61 Å². The van der Waals surface area contributed by atoms with Crippen molar-refractivity contribution >= 4 is 32.7 Å². The largest absolute Gasteiger partial charge is 0.493 e. The number of nitrogens with one attached hydrogen (secondary N) is 4. The van der Waals surface area contributed by atoms with Crippen LogP contribution in [-0.4, -0.2) is 44.6 Å². The molecule has 0 saturated carbocycles. The lowest BCUT2D eigenvalue weighted by Crippen LogP contribution is -2.29. The minimum absolute atomic E-state index is 0.0596. The molecule has 1 aromatic heterocycles. The molecule has 34 heavy (non-hydrogen) atoms. The number of imidazole rings is 1. The Morgan fingerprint density at radius 3 is 2.44 bits per heavy atom. The number of carbonyl (C=O) groups is 1. The van der Waals surface area contributed by atoms with Crippen LogP contribution in [-0.2, 0) is 10.0 Å². The van der Waals surface area contributed by atoms with Gasteiger partial charge in [0.2, 0.25) is 0 Å². The van der Waals surface area contributed by atoms with Gasteiger partial charge in [-0.25, -0.2) is 13.2 Å². The number of hydrogen-bond acceptors (Lipinski definition) is 6.